The smallest absolute Gasteiger partial charge is 0.290 e. The van der Waals surface area contributed by atoms with Crippen LogP contribution >= 0.6 is 11.6 Å². The molecule has 7 heteroatoms. The van der Waals surface area contributed by atoms with Crippen molar-refractivity contribution in [2.24, 2.45) is 0 Å². The standard InChI is InChI=1S/C17H17ClN2O4/c1-11-9-20(13-5-3-4-12(18)8-13)15(21)10-19(11)17(22)14-6-7-16(23-2)24-14/h3-8,11H,9-10H2,1-2H3/t11-/m0/s1. The predicted molar refractivity (Wildman–Crippen MR) is 89.6 cm³/mol. The Morgan fingerprint density at radius 1 is 1.33 bits per heavy atom. The zero-order valence-electron chi connectivity index (χ0n) is 13.4. The summed E-state index contributed by atoms with van der Waals surface area (Å²) in [5, 5.41) is 0.564. The zero-order chi connectivity index (χ0) is 17.3. The summed E-state index contributed by atoms with van der Waals surface area (Å²) in [5.74, 6) is -0.0790. The van der Waals surface area contributed by atoms with Gasteiger partial charge in [0.05, 0.1) is 7.11 Å². The number of rotatable bonds is 3. The Labute approximate surface area is 144 Å². The molecule has 0 spiro atoms. The van der Waals surface area contributed by atoms with Crippen molar-refractivity contribution in [1.29, 1.82) is 0 Å². The van der Waals surface area contributed by atoms with E-state index < -0.39 is 0 Å². The first-order valence-corrected chi connectivity index (χ1v) is 7.88. The third kappa shape index (κ3) is 3.10. The summed E-state index contributed by atoms with van der Waals surface area (Å²) in [6.07, 6.45) is 0. The van der Waals surface area contributed by atoms with Gasteiger partial charge in [-0.1, -0.05) is 17.7 Å². The van der Waals surface area contributed by atoms with Crippen LogP contribution in [0.5, 0.6) is 5.95 Å². The molecule has 0 aliphatic carbocycles. The van der Waals surface area contributed by atoms with Crippen LogP contribution in [0.1, 0.15) is 17.5 Å². The first-order chi connectivity index (χ1) is 11.5. The summed E-state index contributed by atoms with van der Waals surface area (Å²) in [7, 11) is 1.46. The molecule has 0 bridgehead atoms. The van der Waals surface area contributed by atoms with Crippen LogP contribution in [-0.2, 0) is 4.79 Å². The van der Waals surface area contributed by atoms with Crippen molar-refractivity contribution in [3.05, 3.63) is 47.2 Å². The van der Waals surface area contributed by atoms with Crippen LogP contribution in [0.25, 0.3) is 0 Å². The van der Waals surface area contributed by atoms with Gasteiger partial charge in [-0.15, -0.1) is 0 Å². The minimum Gasteiger partial charge on any atom is -0.468 e. The average molecular weight is 349 g/mol. The molecule has 0 unspecified atom stereocenters. The van der Waals surface area contributed by atoms with E-state index in [0.29, 0.717) is 11.6 Å². The molecule has 126 valence electrons. The number of carbonyl (C=O) groups excluding carboxylic acids is 2. The normalized spacial score (nSPS) is 18.0. The SMILES string of the molecule is COc1ccc(C(=O)N2CC(=O)N(c3cccc(Cl)c3)C[C@@H]2C)o1. The van der Waals surface area contributed by atoms with Crippen LogP contribution in [-0.4, -0.2) is 43.0 Å². The van der Waals surface area contributed by atoms with Crippen LogP contribution in [0.15, 0.2) is 40.8 Å². The number of carbonyl (C=O) groups is 2. The number of nitrogens with zero attached hydrogens (tertiary/aromatic N) is 2. The summed E-state index contributed by atoms with van der Waals surface area (Å²) >= 11 is 6.00. The van der Waals surface area contributed by atoms with E-state index in [1.807, 2.05) is 13.0 Å². The second-order valence-electron chi connectivity index (χ2n) is 5.59. The minimum atomic E-state index is -0.329. The number of halogens is 1. The van der Waals surface area contributed by atoms with Crippen LogP contribution in [0.4, 0.5) is 5.69 Å². The third-order valence-corrected chi connectivity index (χ3v) is 4.19. The number of anilines is 1. The highest BCUT2D eigenvalue weighted by atomic mass is 35.5. The van der Waals surface area contributed by atoms with Gasteiger partial charge in [0.25, 0.3) is 11.9 Å². The largest absolute Gasteiger partial charge is 0.468 e. The number of benzene rings is 1. The summed E-state index contributed by atoms with van der Waals surface area (Å²) in [4.78, 5) is 28.2. The molecule has 2 aromatic rings. The lowest BCUT2D eigenvalue weighted by atomic mass is 10.1. The van der Waals surface area contributed by atoms with E-state index in [1.165, 1.54) is 12.0 Å². The summed E-state index contributed by atoms with van der Waals surface area (Å²) < 4.78 is 10.2. The Bertz CT molecular complexity index is 773. The fraction of sp³-hybridized carbons (Fsp3) is 0.294. The number of ether oxygens (including phenoxy) is 1. The highest BCUT2D eigenvalue weighted by Crippen LogP contribution is 2.25. The van der Waals surface area contributed by atoms with Gasteiger partial charge in [0, 0.05) is 29.4 Å². The Morgan fingerprint density at radius 3 is 2.79 bits per heavy atom. The van der Waals surface area contributed by atoms with E-state index in [9.17, 15) is 9.59 Å². The fourth-order valence-corrected chi connectivity index (χ4v) is 2.89. The van der Waals surface area contributed by atoms with Crippen molar-refractivity contribution in [3.63, 3.8) is 0 Å². The Balaban J connectivity index is 1.78. The highest BCUT2D eigenvalue weighted by molar-refractivity contribution is 6.30. The summed E-state index contributed by atoms with van der Waals surface area (Å²) in [5.41, 5.74) is 0.728. The third-order valence-electron chi connectivity index (χ3n) is 3.96. The van der Waals surface area contributed by atoms with E-state index in [1.54, 1.807) is 35.2 Å². The minimum absolute atomic E-state index is 0.0183. The Hall–Kier alpha value is -2.47. The molecule has 1 aromatic heterocycles. The van der Waals surface area contributed by atoms with Crippen molar-refractivity contribution in [2.75, 3.05) is 25.1 Å². The van der Waals surface area contributed by atoms with Gasteiger partial charge in [0.1, 0.15) is 6.54 Å². The molecule has 1 fully saturated rings. The van der Waals surface area contributed by atoms with E-state index in [2.05, 4.69) is 0 Å². The van der Waals surface area contributed by atoms with Gasteiger partial charge in [0.2, 0.25) is 5.91 Å². The first kappa shape index (κ1) is 16.4. The van der Waals surface area contributed by atoms with Gasteiger partial charge >= 0.3 is 0 Å². The lowest BCUT2D eigenvalue weighted by molar-refractivity contribution is -0.121. The Morgan fingerprint density at radius 2 is 2.12 bits per heavy atom. The molecule has 1 atom stereocenters. The topological polar surface area (TPSA) is 63.0 Å². The van der Waals surface area contributed by atoms with Gasteiger partial charge in [-0.25, -0.2) is 0 Å². The van der Waals surface area contributed by atoms with Crippen molar-refractivity contribution >= 4 is 29.1 Å². The maximum atomic E-state index is 12.6. The first-order valence-electron chi connectivity index (χ1n) is 7.50. The molecular formula is C17H17ClN2O4. The summed E-state index contributed by atoms with van der Waals surface area (Å²) in [6.45, 7) is 2.26. The molecule has 1 aromatic carbocycles. The number of amides is 2. The molecule has 0 saturated carbocycles. The van der Waals surface area contributed by atoms with E-state index in [-0.39, 0.29) is 36.1 Å². The number of hydrogen-bond acceptors (Lipinski definition) is 4. The van der Waals surface area contributed by atoms with Crippen LogP contribution < -0.4 is 9.64 Å². The van der Waals surface area contributed by atoms with Crippen molar-refractivity contribution in [2.45, 2.75) is 13.0 Å². The van der Waals surface area contributed by atoms with Crippen molar-refractivity contribution in [1.82, 2.24) is 4.90 Å². The lowest BCUT2D eigenvalue weighted by Gasteiger charge is -2.39. The molecule has 1 saturated heterocycles. The van der Waals surface area contributed by atoms with Crippen LogP contribution in [0.2, 0.25) is 5.02 Å². The molecule has 0 radical (unpaired) electrons. The predicted octanol–water partition coefficient (Wildman–Crippen LogP) is 2.82. The second kappa shape index (κ2) is 6.57. The number of furan rings is 1. The van der Waals surface area contributed by atoms with E-state index in [4.69, 9.17) is 20.8 Å². The monoisotopic (exact) mass is 348 g/mol. The maximum Gasteiger partial charge on any atom is 0.290 e. The number of piperazine rings is 1. The molecule has 1 aliphatic heterocycles. The Kier molecular flexibility index (Phi) is 4.49. The van der Waals surface area contributed by atoms with Gasteiger partial charge in [-0.2, -0.15) is 0 Å². The molecule has 2 amide bonds. The van der Waals surface area contributed by atoms with Gasteiger partial charge in [-0.3, -0.25) is 9.59 Å². The number of hydrogen-bond donors (Lipinski definition) is 0. The fourth-order valence-electron chi connectivity index (χ4n) is 2.70. The van der Waals surface area contributed by atoms with Gasteiger partial charge in [0.15, 0.2) is 5.76 Å². The zero-order valence-corrected chi connectivity index (χ0v) is 14.1. The molecule has 2 heterocycles. The molecular weight excluding hydrogens is 332 g/mol. The molecule has 1 aliphatic rings. The highest BCUT2D eigenvalue weighted by Gasteiger charge is 2.34. The van der Waals surface area contributed by atoms with Crippen molar-refractivity contribution < 1.29 is 18.7 Å². The van der Waals surface area contributed by atoms with Crippen LogP contribution in [0, 0.1) is 0 Å². The quantitative estimate of drug-likeness (QED) is 0.855. The maximum absolute atomic E-state index is 12.6. The second-order valence-corrected chi connectivity index (χ2v) is 6.03. The van der Waals surface area contributed by atoms with Crippen molar-refractivity contribution in [3.8, 4) is 5.95 Å². The van der Waals surface area contributed by atoms with E-state index >= 15 is 0 Å². The molecule has 6 nitrogen and oxygen atoms in total. The molecule has 0 N–H and O–H groups in total. The van der Waals surface area contributed by atoms with Crippen LogP contribution in [0.3, 0.4) is 0 Å². The number of methoxy groups -OCH3 is 1. The summed E-state index contributed by atoms with van der Waals surface area (Å²) in [6, 6.07) is 10.1. The average Bonchev–Trinajstić information content (AvgIpc) is 3.05. The van der Waals surface area contributed by atoms with Gasteiger partial charge < -0.3 is 19.0 Å². The molecule has 24 heavy (non-hydrogen) atoms. The lowest BCUT2D eigenvalue weighted by Crippen LogP contribution is -2.57. The van der Waals surface area contributed by atoms with E-state index in [0.717, 1.165) is 5.69 Å². The van der Waals surface area contributed by atoms with Gasteiger partial charge in [-0.05, 0) is 31.2 Å². The molecule has 3 rings (SSSR count).